The van der Waals surface area contributed by atoms with E-state index in [-0.39, 0.29) is 11.8 Å². The number of hydrogen-bond acceptors (Lipinski definition) is 2. The SMILES string of the molecule is C[C@@H](NC(=O)O)c1ccc(O)cc1. The predicted octanol–water partition coefficient (Wildman–Crippen LogP) is 1.72. The lowest BCUT2D eigenvalue weighted by Gasteiger charge is -2.11. The van der Waals surface area contributed by atoms with Crippen molar-refractivity contribution in [1.82, 2.24) is 5.32 Å². The average molecular weight is 181 g/mol. The lowest BCUT2D eigenvalue weighted by atomic mass is 10.1. The van der Waals surface area contributed by atoms with Gasteiger partial charge in [0.1, 0.15) is 5.75 Å². The summed E-state index contributed by atoms with van der Waals surface area (Å²) in [4.78, 5) is 10.3. The molecule has 4 nitrogen and oxygen atoms in total. The quantitative estimate of drug-likeness (QED) is 0.650. The molecular weight excluding hydrogens is 170 g/mol. The zero-order chi connectivity index (χ0) is 9.84. The van der Waals surface area contributed by atoms with E-state index in [1.807, 2.05) is 0 Å². The highest BCUT2D eigenvalue weighted by Crippen LogP contribution is 2.15. The average Bonchev–Trinajstić information content (AvgIpc) is 2.04. The fourth-order valence-electron chi connectivity index (χ4n) is 1.03. The van der Waals surface area contributed by atoms with E-state index >= 15 is 0 Å². The van der Waals surface area contributed by atoms with Gasteiger partial charge < -0.3 is 15.5 Å². The van der Waals surface area contributed by atoms with Gasteiger partial charge in [0.25, 0.3) is 0 Å². The summed E-state index contributed by atoms with van der Waals surface area (Å²) in [5, 5.41) is 19.7. The van der Waals surface area contributed by atoms with Crippen LogP contribution in [0.3, 0.4) is 0 Å². The summed E-state index contributed by atoms with van der Waals surface area (Å²) in [5.41, 5.74) is 0.820. The monoisotopic (exact) mass is 181 g/mol. The smallest absolute Gasteiger partial charge is 0.405 e. The molecule has 1 rings (SSSR count). The zero-order valence-corrected chi connectivity index (χ0v) is 7.19. The summed E-state index contributed by atoms with van der Waals surface area (Å²) in [7, 11) is 0. The second-order valence-electron chi connectivity index (χ2n) is 2.76. The maximum atomic E-state index is 10.3. The van der Waals surface area contributed by atoms with E-state index in [9.17, 15) is 4.79 Å². The van der Waals surface area contributed by atoms with Gasteiger partial charge in [-0.25, -0.2) is 4.79 Å². The summed E-state index contributed by atoms with van der Waals surface area (Å²) >= 11 is 0. The summed E-state index contributed by atoms with van der Waals surface area (Å²) in [5.74, 6) is 0.172. The van der Waals surface area contributed by atoms with Gasteiger partial charge in [-0.05, 0) is 24.6 Å². The fourth-order valence-corrected chi connectivity index (χ4v) is 1.03. The molecule has 4 heteroatoms. The van der Waals surface area contributed by atoms with Crippen LogP contribution in [0.2, 0.25) is 0 Å². The van der Waals surface area contributed by atoms with Gasteiger partial charge in [-0.2, -0.15) is 0 Å². The number of amides is 1. The highest BCUT2D eigenvalue weighted by atomic mass is 16.4. The molecule has 0 unspecified atom stereocenters. The van der Waals surface area contributed by atoms with Gasteiger partial charge in [0.2, 0.25) is 0 Å². The van der Waals surface area contributed by atoms with Crippen molar-refractivity contribution in [3.05, 3.63) is 29.8 Å². The second-order valence-corrected chi connectivity index (χ2v) is 2.76. The predicted molar refractivity (Wildman–Crippen MR) is 47.7 cm³/mol. The Morgan fingerprint density at radius 1 is 1.38 bits per heavy atom. The van der Waals surface area contributed by atoms with E-state index < -0.39 is 6.09 Å². The Bertz CT molecular complexity index is 294. The minimum absolute atomic E-state index is 0.172. The Balaban J connectivity index is 2.71. The van der Waals surface area contributed by atoms with Gasteiger partial charge in [0.15, 0.2) is 0 Å². The van der Waals surface area contributed by atoms with Crippen LogP contribution in [0.1, 0.15) is 18.5 Å². The molecule has 3 N–H and O–H groups in total. The van der Waals surface area contributed by atoms with Crippen molar-refractivity contribution in [2.75, 3.05) is 0 Å². The van der Waals surface area contributed by atoms with Crippen LogP contribution in [0.5, 0.6) is 5.75 Å². The van der Waals surface area contributed by atoms with Crippen LogP contribution in [-0.2, 0) is 0 Å². The van der Waals surface area contributed by atoms with Crippen LogP contribution in [0, 0.1) is 0 Å². The number of phenolic OH excluding ortho intramolecular Hbond substituents is 1. The Kier molecular flexibility index (Phi) is 2.74. The van der Waals surface area contributed by atoms with E-state index in [2.05, 4.69) is 5.32 Å². The molecule has 0 aliphatic carbocycles. The van der Waals surface area contributed by atoms with E-state index in [1.54, 1.807) is 19.1 Å². The molecule has 1 aromatic carbocycles. The number of nitrogens with one attached hydrogen (secondary N) is 1. The Morgan fingerprint density at radius 2 is 1.92 bits per heavy atom. The van der Waals surface area contributed by atoms with Crippen molar-refractivity contribution in [2.24, 2.45) is 0 Å². The standard InChI is InChI=1S/C9H11NO3/c1-6(10-9(12)13)7-2-4-8(11)5-3-7/h2-6,10-11H,1H3,(H,12,13)/t6-/m1/s1. The molecule has 70 valence electrons. The Labute approximate surface area is 75.8 Å². The largest absolute Gasteiger partial charge is 0.508 e. The minimum Gasteiger partial charge on any atom is -0.508 e. The second kappa shape index (κ2) is 3.80. The van der Waals surface area contributed by atoms with Crippen LogP contribution in [0.25, 0.3) is 0 Å². The third-order valence-corrected chi connectivity index (χ3v) is 1.73. The Hall–Kier alpha value is -1.71. The fraction of sp³-hybridized carbons (Fsp3) is 0.222. The zero-order valence-electron chi connectivity index (χ0n) is 7.19. The summed E-state index contributed by atoms with van der Waals surface area (Å²) in [6.07, 6.45) is -1.06. The Morgan fingerprint density at radius 3 is 2.38 bits per heavy atom. The van der Waals surface area contributed by atoms with E-state index in [4.69, 9.17) is 10.2 Å². The van der Waals surface area contributed by atoms with Gasteiger partial charge >= 0.3 is 6.09 Å². The number of hydrogen-bond donors (Lipinski definition) is 3. The number of rotatable bonds is 2. The minimum atomic E-state index is -1.06. The van der Waals surface area contributed by atoms with Gasteiger partial charge in [0.05, 0.1) is 6.04 Å². The van der Waals surface area contributed by atoms with Gasteiger partial charge in [0, 0.05) is 0 Å². The molecule has 0 aliphatic heterocycles. The van der Waals surface area contributed by atoms with Gasteiger partial charge in [-0.3, -0.25) is 0 Å². The van der Waals surface area contributed by atoms with Crippen LogP contribution < -0.4 is 5.32 Å². The highest BCUT2D eigenvalue weighted by molar-refractivity contribution is 5.65. The molecular formula is C9H11NO3. The lowest BCUT2D eigenvalue weighted by molar-refractivity contribution is 0.191. The maximum Gasteiger partial charge on any atom is 0.405 e. The third kappa shape index (κ3) is 2.66. The molecule has 0 aromatic heterocycles. The molecule has 0 spiro atoms. The molecule has 0 aliphatic rings. The molecule has 0 fully saturated rings. The molecule has 0 saturated heterocycles. The number of carbonyl (C=O) groups is 1. The van der Waals surface area contributed by atoms with Crippen LogP contribution in [0.4, 0.5) is 4.79 Å². The van der Waals surface area contributed by atoms with Crippen molar-refractivity contribution in [2.45, 2.75) is 13.0 Å². The summed E-state index contributed by atoms with van der Waals surface area (Å²) in [6.45, 7) is 1.74. The van der Waals surface area contributed by atoms with E-state index in [0.717, 1.165) is 5.56 Å². The first-order valence-corrected chi connectivity index (χ1v) is 3.88. The number of benzene rings is 1. The van der Waals surface area contributed by atoms with Crippen molar-refractivity contribution < 1.29 is 15.0 Å². The first-order chi connectivity index (χ1) is 6.09. The molecule has 1 amide bonds. The maximum absolute atomic E-state index is 10.3. The van der Waals surface area contributed by atoms with Crippen LogP contribution in [0.15, 0.2) is 24.3 Å². The molecule has 0 radical (unpaired) electrons. The summed E-state index contributed by atoms with van der Waals surface area (Å²) < 4.78 is 0. The van der Waals surface area contributed by atoms with Crippen molar-refractivity contribution in [3.63, 3.8) is 0 Å². The first-order valence-electron chi connectivity index (χ1n) is 3.88. The van der Waals surface area contributed by atoms with Gasteiger partial charge in [-0.15, -0.1) is 0 Å². The normalized spacial score (nSPS) is 12.1. The van der Waals surface area contributed by atoms with Crippen molar-refractivity contribution in [3.8, 4) is 5.75 Å². The summed E-state index contributed by atoms with van der Waals surface area (Å²) in [6, 6.07) is 6.13. The third-order valence-electron chi connectivity index (χ3n) is 1.73. The van der Waals surface area contributed by atoms with Crippen LogP contribution >= 0.6 is 0 Å². The number of carboxylic acid groups (broad SMARTS) is 1. The molecule has 13 heavy (non-hydrogen) atoms. The molecule has 1 atom stereocenters. The van der Waals surface area contributed by atoms with E-state index in [1.165, 1.54) is 12.1 Å². The first kappa shape index (κ1) is 9.38. The number of aromatic hydroxyl groups is 1. The molecule has 1 aromatic rings. The van der Waals surface area contributed by atoms with E-state index in [0.29, 0.717) is 0 Å². The van der Waals surface area contributed by atoms with Gasteiger partial charge in [-0.1, -0.05) is 12.1 Å². The molecule has 0 bridgehead atoms. The van der Waals surface area contributed by atoms with Crippen molar-refractivity contribution >= 4 is 6.09 Å². The van der Waals surface area contributed by atoms with Crippen molar-refractivity contribution in [1.29, 1.82) is 0 Å². The highest BCUT2D eigenvalue weighted by Gasteiger charge is 2.06. The molecule has 0 heterocycles. The molecule has 0 saturated carbocycles. The van der Waals surface area contributed by atoms with Crippen LogP contribution in [-0.4, -0.2) is 16.3 Å². The lowest BCUT2D eigenvalue weighted by Crippen LogP contribution is -2.24. The number of phenols is 1. The topological polar surface area (TPSA) is 69.6 Å².